The first kappa shape index (κ1) is 15.3. The predicted octanol–water partition coefficient (Wildman–Crippen LogP) is 2.00. The van der Waals surface area contributed by atoms with Crippen molar-refractivity contribution in [2.75, 3.05) is 26.7 Å². The molecule has 4 nitrogen and oxygen atoms in total. The topological polar surface area (TPSA) is 40.6 Å². The lowest BCUT2D eigenvalue weighted by Crippen LogP contribution is -2.29. The number of carbonyl (C=O) groups is 2. The Kier molecular flexibility index (Phi) is 4.71. The number of likely N-dealkylation sites (tertiary alicyclic amines) is 2. The Bertz CT molecular complexity index is 381. The van der Waals surface area contributed by atoms with E-state index in [-0.39, 0.29) is 5.91 Å². The Morgan fingerprint density at radius 1 is 1.05 bits per heavy atom. The van der Waals surface area contributed by atoms with Gasteiger partial charge in [0.1, 0.15) is 0 Å². The number of rotatable bonds is 5. The molecule has 2 aliphatic rings. The minimum absolute atomic E-state index is 0.263. The smallest absolute Gasteiger partial charge is 0.222 e. The molecule has 2 saturated heterocycles. The molecule has 0 aromatic rings. The van der Waals surface area contributed by atoms with E-state index in [4.69, 9.17) is 0 Å². The van der Waals surface area contributed by atoms with Crippen LogP contribution in [0.5, 0.6) is 0 Å². The zero-order chi connectivity index (χ0) is 14.9. The number of amides is 2. The quantitative estimate of drug-likeness (QED) is 0.773. The second-order valence-corrected chi connectivity index (χ2v) is 7.05. The van der Waals surface area contributed by atoms with Crippen LogP contribution in [-0.4, -0.2) is 48.3 Å². The summed E-state index contributed by atoms with van der Waals surface area (Å²) in [6.45, 7) is 9.28. The Morgan fingerprint density at radius 3 is 2.20 bits per heavy atom. The average Bonchev–Trinajstić information content (AvgIpc) is 2.91. The SMILES string of the molecule is CC(C)C1CC(=O)N(CCC(C)C2CC(=O)N(C)C2)C1. The normalized spacial score (nSPS) is 28.9. The van der Waals surface area contributed by atoms with Gasteiger partial charge in [0, 0.05) is 39.5 Å². The third-order valence-corrected chi connectivity index (χ3v) is 5.22. The molecule has 0 radical (unpaired) electrons. The van der Waals surface area contributed by atoms with Crippen LogP contribution in [0.15, 0.2) is 0 Å². The van der Waals surface area contributed by atoms with Gasteiger partial charge in [-0.1, -0.05) is 20.8 Å². The van der Waals surface area contributed by atoms with Gasteiger partial charge in [-0.05, 0) is 30.1 Å². The van der Waals surface area contributed by atoms with Gasteiger partial charge in [-0.15, -0.1) is 0 Å². The zero-order valence-electron chi connectivity index (χ0n) is 13.3. The number of carbonyl (C=O) groups excluding carboxylic acids is 2. The predicted molar refractivity (Wildman–Crippen MR) is 79.1 cm³/mol. The fraction of sp³-hybridized carbons (Fsp3) is 0.875. The number of hydrogen-bond donors (Lipinski definition) is 0. The van der Waals surface area contributed by atoms with Crippen molar-refractivity contribution in [3.8, 4) is 0 Å². The van der Waals surface area contributed by atoms with Crippen LogP contribution in [-0.2, 0) is 9.59 Å². The zero-order valence-corrected chi connectivity index (χ0v) is 13.3. The first-order valence-electron chi connectivity index (χ1n) is 7.90. The van der Waals surface area contributed by atoms with Crippen molar-refractivity contribution >= 4 is 11.8 Å². The van der Waals surface area contributed by atoms with Gasteiger partial charge in [0.05, 0.1) is 0 Å². The Morgan fingerprint density at radius 2 is 1.70 bits per heavy atom. The van der Waals surface area contributed by atoms with Crippen LogP contribution in [0.3, 0.4) is 0 Å². The molecule has 0 aromatic carbocycles. The summed E-state index contributed by atoms with van der Waals surface area (Å²) < 4.78 is 0. The molecule has 114 valence electrons. The standard InChI is InChI=1S/C16H28N2O2/c1-11(2)13-7-16(20)18(10-13)6-5-12(3)14-8-15(19)17(4)9-14/h11-14H,5-10H2,1-4H3. The van der Waals surface area contributed by atoms with Gasteiger partial charge in [0.25, 0.3) is 0 Å². The van der Waals surface area contributed by atoms with Gasteiger partial charge < -0.3 is 9.80 Å². The van der Waals surface area contributed by atoms with Crippen molar-refractivity contribution in [3.05, 3.63) is 0 Å². The monoisotopic (exact) mass is 280 g/mol. The summed E-state index contributed by atoms with van der Waals surface area (Å²) in [4.78, 5) is 27.4. The lowest BCUT2D eigenvalue weighted by Gasteiger charge is -2.23. The van der Waals surface area contributed by atoms with E-state index >= 15 is 0 Å². The summed E-state index contributed by atoms with van der Waals surface area (Å²) in [6, 6.07) is 0. The van der Waals surface area contributed by atoms with Crippen molar-refractivity contribution in [1.29, 1.82) is 0 Å². The Labute approximate surface area is 122 Å². The second kappa shape index (κ2) is 6.15. The molecule has 2 heterocycles. The summed E-state index contributed by atoms with van der Waals surface area (Å²) in [5.74, 6) is 2.66. The fourth-order valence-corrected chi connectivity index (χ4v) is 3.34. The largest absolute Gasteiger partial charge is 0.345 e. The summed E-state index contributed by atoms with van der Waals surface area (Å²) in [5.41, 5.74) is 0. The maximum absolute atomic E-state index is 12.0. The lowest BCUT2D eigenvalue weighted by molar-refractivity contribution is -0.128. The molecule has 2 rings (SSSR count). The molecular weight excluding hydrogens is 252 g/mol. The van der Waals surface area contributed by atoms with Crippen LogP contribution < -0.4 is 0 Å². The minimum Gasteiger partial charge on any atom is -0.345 e. The molecule has 0 aliphatic carbocycles. The van der Waals surface area contributed by atoms with Gasteiger partial charge in [-0.3, -0.25) is 9.59 Å². The molecule has 0 N–H and O–H groups in total. The van der Waals surface area contributed by atoms with E-state index in [9.17, 15) is 9.59 Å². The van der Waals surface area contributed by atoms with Gasteiger partial charge in [0.15, 0.2) is 0 Å². The average molecular weight is 280 g/mol. The van der Waals surface area contributed by atoms with Crippen molar-refractivity contribution in [2.24, 2.45) is 23.7 Å². The molecule has 0 saturated carbocycles. The first-order valence-corrected chi connectivity index (χ1v) is 7.90. The van der Waals surface area contributed by atoms with Crippen LogP contribution >= 0.6 is 0 Å². The van der Waals surface area contributed by atoms with E-state index in [0.717, 1.165) is 32.5 Å². The maximum Gasteiger partial charge on any atom is 0.222 e. The second-order valence-electron chi connectivity index (χ2n) is 7.05. The third kappa shape index (κ3) is 3.33. The highest BCUT2D eigenvalue weighted by molar-refractivity contribution is 5.79. The molecule has 20 heavy (non-hydrogen) atoms. The summed E-state index contributed by atoms with van der Waals surface area (Å²) in [5, 5.41) is 0. The minimum atomic E-state index is 0.263. The molecule has 4 heteroatoms. The molecule has 2 aliphatic heterocycles. The van der Waals surface area contributed by atoms with Crippen LogP contribution in [0.1, 0.15) is 40.0 Å². The first-order chi connectivity index (χ1) is 9.38. The summed E-state index contributed by atoms with van der Waals surface area (Å²) in [7, 11) is 1.88. The van der Waals surface area contributed by atoms with Crippen LogP contribution in [0.25, 0.3) is 0 Å². The molecule has 0 spiro atoms. The van der Waals surface area contributed by atoms with E-state index in [1.165, 1.54) is 0 Å². The number of hydrogen-bond acceptors (Lipinski definition) is 2. The fourth-order valence-electron chi connectivity index (χ4n) is 3.34. The summed E-state index contributed by atoms with van der Waals surface area (Å²) >= 11 is 0. The van der Waals surface area contributed by atoms with Crippen LogP contribution in [0, 0.1) is 23.7 Å². The number of nitrogens with zero attached hydrogens (tertiary/aromatic N) is 2. The van der Waals surface area contributed by atoms with Gasteiger partial charge in [-0.25, -0.2) is 0 Å². The third-order valence-electron chi connectivity index (χ3n) is 5.22. The molecular formula is C16H28N2O2. The van der Waals surface area contributed by atoms with Crippen LogP contribution in [0.2, 0.25) is 0 Å². The molecule has 0 aromatic heterocycles. The Hall–Kier alpha value is -1.06. The van der Waals surface area contributed by atoms with Gasteiger partial charge >= 0.3 is 0 Å². The Balaban J connectivity index is 1.78. The van der Waals surface area contributed by atoms with Gasteiger partial charge in [-0.2, -0.15) is 0 Å². The van der Waals surface area contributed by atoms with E-state index in [1.807, 2.05) is 16.8 Å². The maximum atomic E-state index is 12.0. The van der Waals surface area contributed by atoms with Crippen molar-refractivity contribution in [2.45, 2.75) is 40.0 Å². The highest BCUT2D eigenvalue weighted by atomic mass is 16.2. The highest BCUT2D eigenvalue weighted by Crippen LogP contribution is 2.29. The van der Waals surface area contributed by atoms with Crippen LogP contribution in [0.4, 0.5) is 0 Å². The molecule has 3 atom stereocenters. The lowest BCUT2D eigenvalue weighted by atomic mass is 9.90. The van der Waals surface area contributed by atoms with Gasteiger partial charge in [0.2, 0.25) is 11.8 Å². The molecule has 2 fully saturated rings. The van der Waals surface area contributed by atoms with Crippen molar-refractivity contribution < 1.29 is 9.59 Å². The highest BCUT2D eigenvalue weighted by Gasteiger charge is 2.33. The van der Waals surface area contributed by atoms with E-state index in [2.05, 4.69) is 20.8 Å². The molecule has 3 unspecified atom stereocenters. The molecule has 0 bridgehead atoms. The summed E-state index contributed by atoms with van der Waals surface area (Å²) in [6.07, 6.45) is 2.42. The molecule has 2 amide bonds. The van der Waals surface area contributed by atoms with Crippen molar-refractivity contribution in [1.82, 2.24) is 9.80 Å². The van der Waals surface area contributed by atoms with Crippen molar-refractivity contribution in [3.63, 3.8) is 0 Å². The van der Waals surface area contributed by atoms with E-state index in [0.29, 0.717) is 36.0 Å². The van der Waals surface area contributed by atoms with E-state index < -0.39 is 0 Å². The van der Waals surface area contributed by atoms with E-state index in [1.54, 1.807) is 0 Å².